The van der Waals surface area contributed by atoms with E-state index in [9.17, 15) is 14.4 Å². The van der Waals surface area contributed by atoms with Gasteiger partial charge < -0.3 is 15.0 Å². The number of hydrogen-bond acceptors (Lipinski definition) is 4. The van der Waals surface area contributed by atoms with Crippen LogP contribution < -0.4 is 5.32 Å². The van der Waals surface area contributed by atoms with Crippen LogP contribution >= 0.6 is 0 Å². The van der Waals surface area contributed by atoms with Crippen molar-refractivity contribution in [3.05, 3.63) is 65.6 Å². The summed E-state index contributed by atoms with van der Waals surface area (Å²) >= 11 is 0. The molecule has 1 aromatic heterocycles. The molecule has 0 radical (unpaired) electrons. The van der Waals surface area contributed by atoms with Gasteiger partial charge in [0.15, 0.2) is 6.61 Å². The summed E-state index contributed by atoms with van der Waals surface area (Å²) in [5.74, 6) is -1.53. The first kappa shape index (κ1) is 16.2. The molecule has 1 heterocycles. The van der Waals surface area contributed by atoms with Gasteiger partial charge in [0, 0.05) is 13.1 Å². The van der Waals surface area contributed by atoms with Crippen LogP contribution in [0.15, 0.2) is 54.4 Å². The number of benzene rings is 1. The zero-order valence-corrected chi connectivity index (χ0v) is 12.5. The molecule has 6 nitrogen and oxygen atoms in total. The normalized spacial score (nSPS) is 10.9. The molecule has 1 aromatic carbocycles. The molecule has 2 aromatic rings. The van der Waals surface area contributed by atoms with E-state index in [2.05, 4.69) is 10.3 Å². The van der Waals surface area contributed by atoms with Crippen LogP contribution in [0.4, 0.5) is 0 Å². The number of rotatable bonds is 6. The van der Waals surface area contributed by atoms with Gasteiger partial charge in [0.25, 0.3) is 0 Å². The van der Waals surface area contributed by atoms with Crippen molar-refractivity contribution < 1.29 is 19.1 Å². The SMILES string of the molecule is CC(=O)NC(=Cc1ccccc1)C(=O)OCC(=O)c1ccc[nH]1. The van der Waals surface area contributed by atoms with E-state index in [1.165, 1.54) is 13.0 Å². The van der Waals surface area contributed by atoms with Gasteiger partial charge in [-0.2, -0.15) is 0 Å². The molecule has 0 unspecified atom stereocenters. The Morgan fingerprint density at radius 3 is 2.48 bits per heavy atom. The summed E-state index contributed by atoms with van der Waals surface area (Å²) in [5, 5.41) is 2.42. The second-order valence-electron chi connectivity index (χ2n) is 4.73. The molecule has 0 saturated heterocycles. The van der Waals surface area contributed by atoms with Crippen molar-refractivity contribution in [2.24, 2.45) is 0 Å². The number of nitrogens with one attached hydrogen (secondary N) is 2. The van der Waals surface area contributed by atoms with Crippen molar-refractivity contribution in [2.45, 2.75) is 6.92 Å². The number of esters is 1. The van der Waals surface area contributed by atoms with Gasteiger partial charge in [-0.3, -0.25) is 9.59 Å². The molecule has 23 heavy (non-hydrogen) atoms. The van der Waals surface area contributed by atoms with Crippen LogP contribution in [0.25, 0.3) is 6.08 Å². The van der Waals surface area contributed by atoms with E-state index in [0.717, 1.165) is 5.56 Å². The topological polar surface area (TPSA) is 88.3 Å². The molecule has 2 rings (SSSR count). The minimum atomic E-state index is -0.774. The molecule has 0 aliphatic heterocycles. The Morgan fingerprint density at radius 2 is 1.87 bits per heavy atom. The highest BCUT2D eigenvalue weighted by Crippen LogP contribution is 2.07. The first-order valence-electron chi connectivity index (χ1n) is 6.94. The molecular formula is C17H16N2O4. The Bertz CT molecular complexity index is 718. The fraction of sp³-hybridized carbons (Fsp3) is 0.118. The second kappa shape index (κ2) is 7.74. The number of ether oxygens (including phenoxy) is 1. The number of hydrogen-bond donors (Lipinski definition) is 2. The first-order chi connectivity index (χ1) is 11.1. The molecule has 6 heteroatoms. The third kappa shape index (κ3) is 4.96. The average Bonchev–Trinajstić information content (AvgIpc) is 3.06. The quantitative estimate of drug-likeness (QED) is 0.484. The number of H-pyrrole nitrogens is 1. The number of Topliss-reactive ketones (excluding diaryl/α,β-unsaturated/α-hetero) is 1. The van der Waals surface area contributed by atoms with Crippen molar-refractivity contribution >= 4 is 23.7 Å². The van der Waals surface area contributed by atoms with Gasteiger partial charge >= 0.3 is 5.97 Å². The van der Waals surface area contributed by atoms with E-state index >= 15 is 0 Å². The highest BCUT2D eigenvalue weighted by atomic mass is 16.5. The van der Waals surface area contributed by atoms with Crippen LogP contribution in [0.5, 0.6) is 0 Å². The Kier molecular flexibility index (Phi) is 5.46. The third-order valence-corrected chi connectivity index (χ3v) is 2.87. The molecule has 0 aliphatic carbocycles. The summed E-state index contributed by atoms with van der Waals surface area (Å²) in [5.41, 5.74) is 1.05. The lowest BCUT2D eigenvalue weighted by molar-refractivity contribution is -0.139. The van der Waals surface area contributed by atoms with Crippen LogP contribution in [0, 0.1) is 0 Å². The largest absolute Gasteiger partial charge is 0.453 e. The van der Waals surface area contributed by atoms with Gasteiger partial charge in [0.05, 0.1) is 5.69 Å². The summed E-state index contributed by atoms with van der Waals surface area (Å²) in [6, 6.07) is 12.3. The molecule has 0 saturated carbocycles. The molecule has 118 valence electrons. The minimum absolute atomic E-state index is 0.0250. The van der Waals surface area contributed by atoms with Crippen LogP contribution in [0.2, 0.25) is 0 Å². The molecule has 1 amide bonds. The van der Waals surface area contributed by atoms with Crippen molar-refractivity contribution in [1.82, 2.24) is 10.3 Å². The molecule has 0 atom stereocenters. The molecule has 0 aliphatic rings. The second-order valence-corrected chi connectivity index (χ2v) is 4.73. The minimum Gasteiger partial charge on any atom is -0.453 e. The number of carbonyl (C=O) groups is 3. The van der Waals surface area contributed by atoms with E-state index in [1.54, 1.807) is 42.6 Å². The highest BCUT2D eigenvalue weighted by Gasteiger charge is 2.15. The van der Waals surface area contributed by atoms with E-state index in [0.29, 0.717) is 5.69 Å². The lowest BCUT2D eigenvalue weighted by Gasteiger charge is -2.08. The Morgan fingerprint density at radius 1 is 1.13 bits per heavy atom. The van der Waals surface area contributed by atoms with E-state index in [4.69, 9.17) is 4.74 Å². The number of carbonyl (C=O) groups excluding carboxylic acids is 3. The van der Waals surface area contributed by atoms with Crippen molar-refractivity contribution in [3.63, 3.8) is 0 Å². The van der Waals surface area contributed by atoms with Gasteiger partial charge in [-0.1, -0.05) is 30.3 Å². The smallest absolute Gasteiger partial charge is 0.355 e. The van der Waals surface area contributed by atoms with Gasteiger partial charge in [0.2, 0.25) is 11.7 Å². The number of ketones is 1. The average molecular weight is 312 g/mol. The zero-order valence-electron chi connectivity index (χ0n) is 12.5. The first-order valence-corrected chi connectivity index (χ1v) is 6.94. The fourth-order valence-electron chi connectivity index (χ4n) is 1.84. The van der Waals surface area contributed by atoms with Crippen molar-refractivity contribution in [3.8, 4) is 0 Å². The Balaban J connectivity index is 2.06. The number of amides is 1. The van der Waals surface area contributed by atoms with Gasteiger partial charge in [0.1, 0.15) is 5.70 Å². The number of aromatic nitrogens is 1. The maximum atomic E-state index is 12.1. The summed E-state index contributed by atoms with van der Waals surface area (Å²) in [6.07, 6.45) is 3.09. The summed E-state index contributed by atoms with van der Waals surface area (Å²) in [7, 11) is 0. The van der Waals surface area contributed by atoms with E-state index < -0.39 is 18.5 Å². The number of aromatic amines is 1. The zero-order chi connectivity index (χ0) is 16.7. The predicted molar refractivity (Wildman–Crippen MR) is 84.3 cm³/mol. The van der Waals surface area contributed by atoms with Crippen molar-refractivity contribution in [1.29, 1.82) is 0 Å². The fourth-order valence-corrected chi connectivity index (χ4v) is 1.84. The van der Waals surface area contributed by atoms with Gasteiger partial charge in [-0.15, -0.1) is 0 Å². The van der Waals surface area contributed by atoms with Crippen molar-refractivity contribution in [2.75, 3.05) is 6.61 Å². The van der Waals surface area contributed by atoms with Gasteiger partial charge in [-0.05, 0) is 23.8 Å². The van der Waals surface area contributed by atoms with Crippen LogP contribution in [-0.2, 0) is 14.3 Å². The Labute approximate surface area is 133 Å². The standard InChI is InChI=1S/C17H16N2O4/c1-12(20)19-15(10-13-6-3-2-4-7-13)17(22)23-11-16(21)14-8-5-9-18-14/h2-10,18H,11H2,1H3,(H,19,20). The van der Waals surface area contributed by atoms with E-state index in [-0.39, 0.29) is 11.5 Å². The summed E-state index contributed by atoms with van der Waals surface area (Å²) in [4.78, 5) is 37.9. The van der Waals surface area contributed by atoms with Crippen LogP contribution in [0.3, 0.4) is 0 Å². The molecule has 0 fully saturated rings. The molecule has 0 spiro atoms. The molecule has 0 bridgehead atoms. The maximum absolute atomic E-state index is 12.1. The third-order valence-electron chi connectivity index (χ3n) is 2.87. The summed E-state index contributed by atoms with van der Waals surface area (Å²) < 4.78 is 4.97. The molecule has 2 N–H and O–H groups in total. The summed E-state index contributed by atoms with van der Waals surface area (Å²) in [6.45, 7) is 0.876. The maximum Gasteiger partial charge on any atom is 0.355 e. The predicted octanol–water partition coefficient (Wildman–Crippen LogP) is 1.92. The monoisotopic (exact) mass is 312 g/mol. The van der Waals surface area contributed by atoms with Crippen LogP contribution in [0.1, 0.15) is 23.0 Å². The van der Waals surface area contributed by atoms with Gasteiger partial charge in [-0.25, -0.2) is 4.79 Å². The lowest BCUT2D eigenvalue weighted by Crippen LogP contribution is -2.27. The van der Waals surface area contributed by atoms with Crippen LogP contribution in [-0.4, -0.2) is 29.3 Å². The Hall–Kier alpha value is -3.15. The van der Waals surface area contributed by atoms with E-state index in [1.807, 2.05) is 6.07 Å². The molecular weight excluding hydrogens is 296 g/mol. The highest BCUT2D eigenvalue weighted by molar-refractivity contribution is 6.00. The lowest BCUT2D eigenvalue weighted by atomic mass is 10.2.